The number of hydrogen-bond donors (Lipinski definition) is 1. The van der Waals surface area contributed by atoms with Gasteiger partial charge in [0.25, 0.3) is 5.91 Å². The molecule has 1 aromatic carbocycles. The summed E-state index contributed by atoms with van der Waals surface area (Å²) < 4.78 is 18.2. The highest BCUT2D eigenvalue weighted by atomic mass is 19.1. The van der Waals surface area contributed by atoms with Gasteiger partial charge < -0.3 is 10.1 Å². The topological polar surface area (TPSA) is 85.9 Å². The Hall–Kier alpha value is -2.60. The van der Waals surface area contributed by atoms with E-state index in [1.165, 1.54) is 12.1 Å². The molecule has 0 radical (unpaired) electrons. The Labute approximate surface area is 103 Å². The zero-order valence-corrected chi connectivity index (χ0v) is 9.44. The summed E-state index contributed by atoms with van der Waals surface area (Å²) in [5.74, 6) is -0.920. The quantitative estimate of drug-likeness (QED) is 0.789. The molecule has 0 aliphatic rings. The molecule has 92 valence electrons. The van der Waals surface area contributed by atoms with Crippen molar-refractivity contribution in [1.82, 2.24) is 5.32 Å². The fraction of sp³-hybridized carbons (Fsp3) is 0.250. The zero-order chi connectivity index (χ0) is 13.4. The first kappa shape index (κ1) is 13.5. The summed E-state index contributed by atoms with van der Waals surface area (Å²) in [5.41, 5.74) is -0.0826. The first-order chi connectivity index (χ1) is 8.67. The minimum atomic E-state index is -0.695. The molecule has 0 saturated carbocycles. The van der Waals surface area contributed by atoms with Gasteiger partial charge in [-0.1, -0.05) is 0 Å². The first-order valence-corrected chi connectivity index (χ1v) is 5.13. The summed E-state index contributed by atoms with van der Waals surface area (Å²) in [6.07, 6.45) is 0.219. The van der Waals surface area contributed by atoms with Crippen molar-refractivity contribution in [2.75, 3.05) is 13.2 Å². The van der Waals surface area contributed by atoms with Crippen LogP contribution >= 0.6 is 0 Å². The van der Waals surface area contributed by atoms with E-state index in [1.807, 2.05) is 6.07 Å². The second kappa shape index (κ2) is 6.87. The van der Waals surface area contributed by atoms with E-state index < -0.39 is 11.7 Å². The Bertz CT molecular complexity index is 517. The van der Waals surface area contributed by atoms with Crippen molar-refractivity contribution < 1.29 is 13.9 Å². The van der Waals surface area contributed by atoms with Gasteiger partial charge in [0.2, 0.25) is 0 Å². The van der Waals surface area contributed by atoms with Crippen LogP contribution in [0.5, 0.6) is 5.75 Å². The largest absolute Gasteiger partial charge is 0.484 e. The fourth-order valence-corrected chi connectivity index (χ4v) is 1.13. The van der Waals surface area contributed by atoms with Gasteiger partial charge in [0.1, 0.15) is 17.6 Å². The number of nitriles is 2. The summed E-state index contributed by atoms with van der Waals surface area (Å²) in [4.78, 5) is 11.2. The normalized spacial score (nSPS) is 9.06. The molecule has 1 rings (SSSR count). The Morgan fingerprint density at radius 1 is 1.44 bits per heavy atom. The van der Waals surface area contributed by atoms with Crippen molar-refractivity contribution >= 4 is 5.91 Å². The molecule has 0 spiro atoms. The lowest BCUT2D eigenvalue weighted by atomic mass is 10.2. The van der Waals surface area contributed by atoms with Crippen LogP contribution in [0.2, 0.25) is 0 Å². The van der Waals surface area contributed by atoms with Gasteiger partial charge in [0.15, 0.2) is 6.61 Å². The number of ether oxygens (including phenoxy) is 1. The average molecular weight is 247 g/mol. The number of carbonyl (C=O) groups is 1. The van der Waals surface area contributed by atoms with E-state index in [2.05, 4.69) is 5.32 Å². The van der Waals surface area contributed by atoms with Crippen molar-refractivity contribution in [1.29, 1.82) is 10.5 Å². The number of halogens is 1. The third-order valence-electron chi connectivity index (χ3n) is 1.99. The molecule has 0 atom stereocenters. The van der Waals surface area contributed by atoms with E-state index in [9.17, 15) is 9.18 Å². The molecule has 0 saturated heterocycles. The maximum absolute atomic E-state index is 13.2. The number of rotatable bonds is 5. The third-order valence-corrected chi connectivity index (χ3v) is 1.99. The van der Waals surface area contributed by atoms with Crippen molar-refractivity contribution in [2.24, 2.45) is 0 Å². The molecular formula is C12H10FN3O2. The van der Waals surface area contributed by atoms with Crippen molar-refractivity contribution in [2.45, 2.75) is 6.42 Å². The Kier molecular flexibility index (Phi) is 5.14. The number of carbonyl (C=O) groups excluding carboxylic acids is 1. The molecule has 0 aromatic heterocycles. The molecule has 0 bridgehead atoms. The van der Waals surface area contributed by atoms with E-state index in [-0.39, 0.29) is 30.9 Å². The predicted octanol–water partition coefficient (Wildman–Crippen LogP) is 1.11. The van der Waals surface area contributed by atoms with Gasteiger partial charge in [-0.15, -0.1) is 0 Å². The van der Waals surface area contributed by atoms with Gasteiger partial charge in [0, 0.05) is 12.6 Å². The molecule has 0 fully saturated rings. The number of benzene rings is 1. The van der Waals surface area contributed by atoms with Crippen LogP contribution in [0.25, 0.3) is 0 Å². The lowest BCUT2D eigenvalue weighted by Gasteiger charge is -2.06. The minimum Gasteiger partial charge on any atom is -0.484 e. The highest BCUT2D eigenvalue weighted by molar-refractivity contribution is 5.77. The Balaban J connectivity index is 2.45. The molecule has 18 heavy (non-hydrogen) atoms. The highest BCUT2D eigenvalue weighted by Crippen LogP contribution is 2.15. The summed E-state index contributed by atoms with van der Waals surface area (Å²) in [5, 5.41) is 19.3. The van der Waals surface area contributed by atoms with Crippen LogP contribution in [-0.4, -0.2) is 19.1 Å². The SMILES string of the molecule is N#CCCNC(=O)COc1ccc(C#N)c(F)c1. The van der Waals surface area contributed by atoms with Gasteiger partial charge >= 0.3 is 0 Å². The van der Waals surface area contributed by atoms with Gasteiger partial charge in [-0.2, -0.15) is 10.5 Å². The Morgan fingerprint density at radius 2 is 2.22 bits per heavy atom. The number of hydrogen-bond acceptors (Lipinski definition) is 4. The van der Waals surface area contributed by atoms with Gasteiger partial charge in [0.05, 0.1) is 18.1 Å². The van der Waals surface area contributed by atoms with Crippen molar-refractivity contribution in [3.05, 3.63) is 29.6 Å². The fourth-order valence-electron chi connectivity index (χ4n) is 1.13. The molecule has 1 amide bonds. The van der Waals surface area contributed by atoms with Crippen LogP contribution in [0.15, 0.2) is 18.2 Å². The highest BCUT2D eigenvalue weighted by Gasteiger charge is 2.05. The molecular weight excluding hydrogens is 237 g/mol. The van der Waals surface area contributed by atoms with Crippen LogP contribution in [0.4, 0.5) is 4.39 Å². The molecule has 0 aliphatic heterocycles. The van der Waals surface area contributed by atoms with Crippen LogP contribution in [0, 0.1) is 28.5 Å². The summed E-state index contributed by atoms with van der Waals surface area (Å²) in [6, 6.07) is 7.29. The molecule has 0 aliphatic carbocycles. The molecule has 6 heteroatoms. The van der Waals surface area contributed by atoms with Crippen LogP contribution < -0.4 is 10.1 Å². The summed E-state index contributed by atoms with van der Waals surface area (Å²) in [6.45, 7) is -0.0167. The minimum absolute atomic E-state index is 0.0826. The standard InChI is InChI=1S/C12H10FN3O2/c13-11-6-10(3-2-9(11)7-15)18-8-12(17)16-5-1-4-14/h2-3,6H,1,5,8H2,(H,16,17). The zero-order valence-electron chi connectivity index (χ0n) is 9.44. The average Bonchev–Trinajstić information content (AvgIpc) is 2.37. The monoisotopic (exact) mass is 247 g/mol. The molecule has 0 unspecified atom stereocenters. The number of nitrogens with one attached hydrogen (secondary N) is 1. The van der Waals surface area contributed by atoms with Gasteiger partial charge in [-0.25, -0.2) is 4.39 Å². The lowest BCUT2D eigenvalue weighted by Crippen LogP contribution is -2.29. The van der Waals surface area contributed by atoms with E-state index in [4.69, 9.17) is 15.3 Å². The van der Waals surface area contributed by atoms with E-state index >= 15 is 0 Å². The van der Waals surface area contributed by atoms with Gasteiger partial charge in [-0.3, -0.25) is 4.79 Å². The van der Waals surface area contributed by atoms with E-state index in [0.29, 0.717) is 0 Å². The number of nitrogens with zero attached hydrogens (tertiary/aromatic N) is 2. The van der Waals surface area contributed by atoms with E-state index in [0.717, 1.165) is 6.07 Å². The predicted molar refractivity (Wildman–Crippen MR) is 59.8 cm³/mol. The van der Waals surface area contributed by atoms with Crippen molar-refractivity contribution in [3.63, 3.8) is 0 Å². The second-order valence-corrected chi connectivity index (χ2v) is 3.30. The summed E-state index contributed by atoms with van der Waals surface area (Å²) in [7, 11) is 0. The van der Waals surface area contributed by atoms with Crippen LogP contribution in [-0.2, 0) is 4.79 Å². The number of amides is 1. The molecule has 0 heterocycles. The molecule has 5 nitrogen and oxygen atoms in total. The Morgan fingerprint density at radius 3 is 2.83 bits per heavy atom. The molecule has 1 aromatic rings. The summed E-state index contributed by atoms with van der Waals surface area (Å²) >= 11 is 0. The third kappa shape index (κ3) is 4.11. The van der Waals surface area contributed by atoms with Crippen LogP contribution in [0.1, 0.15) is 12.0 Å². The van der Waals surface area contributed by atoms with Gasteiger partial charge in [-0.05, 0) is 12.1 Å². The second-order valence-electron chi connectivity index (χ2n) is 3.30. The van der Waals surface area contributed by atoms with Crippen molar-refractivity contribution in [3.8, 4) is 17.9 Å². The van der Waals surface area contributed by atoms with Crippen LogP contribution in [0.3, 0.4) is 0 Å². The first-order valence-electron chi connectivity index (χ1n) is 5.13. The lowest BCUT2D eigenvalue weighted by molar-refractivity contribution is -0.123. The smallest absolute Gasteiger partial charge is 0.257 e. The molecule has 1 N–H and O–H groups in total. The maximum Gasteiger partial charge on any atom is 0.257 e. The maximum atomic E-state index is 13.2. The van der Waals surface area contributed by atoms with E-state index in [1.54, 1.807) is 6.07 Å².